The lowest BCUT2D eigenvalue weighted by molar-refractivity contribution is -0.113. The van der Waals surface area contributed by atoms with Crippen molar-refractivity contribution >= 4 is 39.8 Å². The summed E-state index contributed by atoms with van der Waals surface area (Å²) in [4.78, 5) is 24.7. The number of nitrogens with one attached hydrogen (secondary N) is 1. The first-order chi connectivity index (χ1) is 9.60. The second-order valence-corrected chi connectivity index (χ2v) is 6.27. The van der Waals surface area contributed by atoms with Crippen LogP contribution in [-0.4, -0.2) is 24.9 Å². The van der Waals surface area contributed by atoms with E-state index < -0.39 is 0 Å². The highest BCUT2D eigenvalue weighted by atomic mass is 35.5. The number of hydrogen-bond donors (Lipinski definition) is 1. The number of methoxy groups -OCH3 is 1. The van der Waals surface area contributed by atoms with Gasteiger partial charge in [0.2, 0.25) is 5.91 Å². The van der Waals surface area contributed by atoms with Gasteiger partial charge in [-0.3, -0.25) is 4.79 Å². The van der Waals surface area contributed by atoms with Crippen molar-refractivity contribution in [1.82, 2.24) is 0 Å². The topological polar surface area (TPSA) is 55.4 Å². The summed E-state index contributed by atoms with van der Waals surface area (Å²) in [6.45, 7) is 2.18. The number of carbonyl (C=O) groups excluding carboxylic acids is 2. The van der Waals surface area contributed by atoms with Crippen molar-refractivity contribution in [2.45, 2.75) is 32.6 Å². The predicted octanol–water partition coefficient (Wildman–Crippen LogP) is 3.23. The largest absolute Gasteiger partial charge is 0.465 e. The molecule has 110 valence electrons. The van der Waals surface area contributed by atoms with Gasteiger partial charge in [-0.1, -0.05) is 13.3 Å². The van der Waals surface area contributed by atoms with E-state index in [4.69, 9.17) is 16.3 Å². The summed E-state index contributed by atoms with van der Waals surface area (Å²) in [7, 11) is 1.36. The molecule has 1 aliphatic carbocycles. The molecule has 1 amide bonds. The van der Waals surface area contributed by atoms with Gasteiger partial charge in [0.05, 0.1) is 12.7 Å². The molecule has 0 saturated heterocycles. The number of esters is 1. The van der Waals surface area contributed by atoms with Crippen molar-refractivity contribution in [2.24, 2.45) is 5.92 Å². The van der Waals surface area contributed by atoms with Crippen LogP contribution in [0.1, 0.15) is 40.6 Å². The normalized spacial score (nSPS) is 17.4. The number of alkyl halides is 1. The van der Waals surface area contributed by atoms with Crippen LogP contribution in [0.5, 0.6) is 0 Å². The van der Waals surface area contributed by atoms with Gasteiger partial charge in [0, 0.05) is 4.88 Å². The van der Waals surface area contributed by atoms with Gasteiger partial charge < -0.3 is 10.1 Å². The smallest absolute Gasteiger partial charge is 0.341 e. The maximum absolute atomic E-state index is 12.0. The molecule has 1 aliphatic rings. The Morgan fingerprint density at radius 1 is 1.50 bits per heavy atom. The molecule has 1 atom stereocenters. The summed E-state index contributed by atoms with van der Waals surface area (Å²) >= 11 is 6.99. The molecule has 1 aromatic heterocycles. The van der Waals surface area contributed by atoms with Crippen molar-refractivity contribution in [3.8, 4) is 0 Å². The summed E-state index contributed by atoms with van der Waals surface area (Å²) in [5.74, 6) is -0.158. The van der Waals surface area contributed by atoms with Crippen LogP contribution in [0.4, 0.5) is 5.00 Å². The van der Waals surface area contributed by atoms with E-state index in [-0.39, 0.29) is 17.8 Å². The Balaban J connectivity index is 2.38. The standard InChI is InChI=1S/C14H18ClNO3S/c1-3-8-4-5-9-10(6-8)20-13(16-11(17)7-15)12(9)14(18)19-2/h8H,3-7H2,1-2H3,(H,16,17). The highest BCUT2D eigenvalue weighted by Crippen LogP contribution is 2.40. The second-order valence-electron chi connectivity index (χ2n) is 4.90. The Morgan fingerprint density at radius 3 is 2.85 bits per heavy atom. The van der Waals surface area contributed by atoms with Crippen molar-refractivity contribution in [3.63, 3.8) is 0 Å². The molecule has 0 fully saturated rings. The van der Waals surface area contributed by atoms with Gasteiger partial charge in [-0.2, -0.15) is 0 Å². The van der Waals surface area contributed by atoms with Crippen molar-refractivity contribution in [2.75, 3.05) is 18.3 Å². The van der Waals surface area contributed by atoms with Gasteiger partial charge in [0.1, 0.15) is 10.9 Å². The minimum atomic E-state index is -0.387. The van der Waals surface area contributed by atoms with Gasteiger partial charge in [0.25, 0.3) is 0 Å². The van der Waals surface area contributed by atoms with Gasteiger partial charge in [-0.25, -0.2) is 4.79 Å². The van der Waals surface area contributed by atoms with Crippen LogP contribution in [-0.2, 0) is 22.4 Å². The van der Waals surface area contributed by atoms with E-state index in [1.165, 1.54) is 23.3 Å². The van der Waals surface area contributed by atoms with Crippen molar-refractivity contribution in [3.05, 3.63) is 16.0 Å². The Kier molecular flexibility index (Phi) is 5.05. The highest BCUT2D eigenvalue weighted by molar-refractivity contribution is 7.17. The van der Waals surface area contributed by atoms with Gasteiger partial charge >= 0.3 is 5.97 Å². The van der Waals surface area contributed by atoms with E-state index in [9.17, 15) is 9.59 Å². The summed E-state index contributed by atoms with van der Waals surface area (Å²) in [5, 5.41) is 3.29. The molecule has 0 aliphatic heterocycles. The average molecular weight is 316 g/mol. The quantitative estimate of drug-likeness (QED) is 0.685. The molecule has 1 N–H and O–H groups in total. The average Bonchev–Trinajstić information content (AvgIpc) is 2.82. The molecular formula is C14H18ClNO3S. The first-order valence-electron chi connectivity index (χ1n) is 6.69. The molecule has 1 heterocycles. The minimum absolute atomic E-state index is 0.124. The third-order valence-corrected chi connectivity index (χ3v) is 5.12. The van der Waals surface area contributed by atoms with E-state index in [1.807, 2.05) is 0 Å². The van der Waals surface area contributed by atoms with Crippen LogP contribution < -0.4 is 5.32 Å². The fourth-order valence-corrected chi connectivity index (χ4v) is 4.00. The summed E-state index contributed by atoms with van der Waals surface area (Å²) in [6.07, 6.45) is 4.05. The number of carbonyl (C=O) groups is 2. The maximum Gasteiger partial charge on any atom is 0.341 e. The van der Waals surface area contributed by atoms with Crippen LogP contribution in [0.3, 0.4) is 0 Å². The Morgan fingerprint density at radius 2 is 2.25 bits per heavy atom. The fourth-order valence-electron chi connectivity index (χ4n) is 2.57. The second kappa shape index (κ2) is 6.59. The lowest BCUT2D eigenvalue weighted by atomic mass is 9.86. The molecule has 0 saturated carbocycles. The molecular weight excluding hydrogens is 298 g/mol. The van der Waals surface area contributed by atoms with E-state index >= 15 is 0 Å². The number of hydrogen-bond acceptors (Lipinski definition) is 4. The third kappa shape index (κ3) is 2.99. The number of thiophene rings is 1. The minimum Gasteiger partial charge on any atom is -0.465 e. The van der Waals surface area contributed by atoms with E-state index in [1.54, 1.807) is 0 Å². The molecule has 20 heavy (non-hydrogen) atoms. The van der Waals surface area contributed by atoms with Crippen LogP contribution in [0.2, 0.25) is 0 Å². The molecule has 1 aromatic rings. The zero-order valence-electron chi connectivity index (χ0n) is 11.6. The number of rotatable bonds is 4. The summed E-state index contributed by atoms with van der Waals surface area (Å²) in [6, 6.07) is 0. The van der Waals surface area contributed by atoms with Crippen LogP contribution >= 0.6 is 22.9 Å². The predicted molar refractivity (Wildman–Crippen MR) is 80.8 cm³/mol. The summed E-state index contributed by atoms with van der Waals surface area (Å²) < 4.78 is 4.85. The zero-order chi connectivity index (χ0) is 14.7. The number of fused-ring (bicyclic) bond motifs is 1. The number of anilines is 1. The van der Waals surface area contributed by atoms with Crippen molar-refractivity contribution < 1.29 is 14.3 Å². The molecule has 0 bridgehead atoms. The lowest BCUT2D eigenvalue weighted by Gasteiger charge is -2.20. The van der Waals surface area contributed by atoms with E-state index in [2.05, 4.69) is 12.2 Å². The molecule has 1 unspecified atom stereocenters. The SMILES string of the molecule is CCC1CCc2c(sc(NC(=O)CCl)c2C(=O)OC)C1. The maximum atomic E-state index is 12.0. The first kappa shape index (κ1) is 15.3. The molecule has 0 radical (unpaired) electrons. The Bertz CT molecular complexity index is 527. The summed E-state index contributed by atoms with van der Waals surface area (Å²) in [5.41, 5.74) is 1.55. The number of amides is 1. The number of ether oxygens (including phenoxy) is 1. The Hall–Kier alpha value is -1.07. The van der Waals surface area contributed by atoms with Crippen molar-refractivity contribution in [1.29, 1.82) is 0 Å². The lowest BCUT2D eigenvalue weighted by Crippen LogP contribution is -2.16. The van der Waals surface area contributed by atoms with Crippen LogP contribution in [0.15, 0.2) is 0 Å². The van der Waals surface area contributed by atoms with Crippen LogP contribution in [0, 0.1) is 5.92 Å². The van der Waals surface area contributed by atoms with Gasteiger partial charge in [-0.15, -0.1) is 22.9 Å². The van der Waals surface area contributed by atoms with Gasteiger partial charge in [-0.05, 0) is 30.7 Å². The Labute approximate surface area is 127 Å². The van der Waals surface area contributed by atoms with E-state index in [0.29, 0.717) is 16.5 Å². The van der Waals surface area contributed by atoms with Gasteiger partial charge in [0.15, 0.2) is 0 Å². The highest BCUT2D eigenvalue weighted by Gasteiger charge is 2.29. The zero-order valence-corrected chi connectivity index (χ0v) is 13.2. The fraction of sp³-hybridized carbons (Fsp3) is 0.571. The molecule has 2 rings (SSSR count). The molecule has 0 spiro atoms. The number of halogens is 1. The molecule has 6 heteroatoms. The van der Waals surface area contributed by atoms with E-state index in [0.717, 1.165) is 31.2 Å². The van der Waals surface area contributed by atoms with Crippen LogP contribution in [0.25, 0.3) is 0 Å². The molecule has 0 aromatic carbocycles. The molecule has 4 nitrogen and oxygen atoms in total. The third-order valence-electron chi connectivity index (χ3n) is 3.71. The first-order valence-corrected chi connectivity index (χ1v) is 8.04. The monoisotopic (exact) mass is 315 g/mol.